The van der Waals surface area contributed by atoms with E-state index in [0.717, 1.165) is 51.7 Å². The summed E-state index contributed by atoms with van der Waals surface area (Å²) in [5.74, 6) is 7.75. The van der Waals surface area contributed by atoms with Crippen molar-refractivity contribution in [2.24, 2.45) is 11.8 Å². The maximum absolute atomic E-state index is 12.0. The van der Waals surface area contributed by atoms with E-state index in [1.165, 1.54) is 0 Å². The van der Waals surface area contributed by atoms with Crippen LogP contribution in [0.3, 0.4) is 0 Å². The Hall–Kier alpha value is -1.87. The topological polar surface area (TPSA) is 77.2 Å². The third-order valence-electron chi connectivity index (χ3n) is 4.52. The molecule has 124 valence electrons. The predicted molar refractivity (Wildman–Crippen MR) is 83.3 cm³/mol. The summed E-state index contributed by atoms with van der Waals surface area (Å²) in [6.07, 6.45) is 5.65. The summed E-state index contributed by atoms with van der Waals surface area (Å²) >= 11 is 0. The van der Waals surface area contributed by atoms with Crippen LogP contribution in [0.4, 0.5) is 0 Å². The van der Waals surface area contributed by atoms with Crippen molar-refractivity contribution < 1.29 is 13.9 Å². The van der Waals surface area contributed by atoms with E-state index in [4.69, 9.17) is 9.15 Å². The van der Waals surface area contributed by atoms with E-state index in [1.807, 2.05) is 0 Å². The first-order valence-electron chi connectivity index (χ1n) is 8.38. The van der Waals surface area contributed by atoms with E-state index in [0.29, 0.717) is 23.6 Å². The molecule has 2 fully saturated rings. The molecule has 1 saturated carbocycles. The van der Waals surface area contributed by atoms with Gasteiger partial charge in [0.15, 0.2) is 0 Å². The van der Waals surface area contributed by atoms with Crippen LogP contribution in [0.25, 0.3) is 0 Å². The average Bonchev–Trinajstić information content (AvgIpc) is 3.16. The Balaban J connectivity index is 1.42. The first-order chi connectivity index (χ1) is 11.2. The van der Waals surface area contributed by atoms with Crippen LogP contribution in [0.5, 0.6) is 0 Å². The highest BCUT2D eigenvalue weighted by atomic mass is 16.5. The molecule has 1 saturated heterocycles. The first-order valence-corrected chi connectivity index (χ1v) is 8.38. The Bertz CT molecular complexity index is 596. The van der Waals surface area contributed by atoms with Crippen molar-refractivity contribution >= 4 is 5.91 Å². The smallest absolute Gasteiger partial charge is 0.296 e. The van der Waals surface area contributed by atoms with E-state index >= 15 is 0 Å². The van der Waals surface area contributed by atoms with Crippen LogP contribution in [0, 0.1) is 30.6 Å². The number of nitrogens with one attached hydrogen (secondary N) is 1. The molecule has 0 spiro atoms. The molecule has 1 aromatic rings. The van der Waals surface area contributed by atoms with Gasteiger partial charge in [-0.1, -0.05) is 5.92 Å². The number of ether oxygens (including phenoxy) is 1. The SMILES string of the molecule is Cc1nnc(C[C@@H]2CC[C@H](NC(=O)C#CC3CCOCC3)C2)o1. The highest BCUT2D eigenvalue weighted by molar-refractivity contribution is 5.93. The minimum absolute atomic E-state index is 0.157. The second-order valence-corrected chi connectivity index (χ2v) is 6.42. The van der Waals surface area contributed by atoms with Gasteiger partial charge >= 0.3 is 0 Å². The van der Waals surface area contributed by atoms with Gasteiger partial charge in [0.1, 0.15) is 0 Å². The molecule has 1 amide bonds. The van der Waals surface area contributed by atoms with Crippen LogP contribution in [0.15, 0.2) is 4.42 Å². The fourth-order valence-electron chi connectivity index (χ4n) is 3.29. The van der Waals surface area contributed by atoms with Gasteiger partial charge in [-0.15, -0.1) is 10.2 Å². The van der Waals surface area contributed by atoms with Crippen LogP contribution in [-0.4, -0.2) is 35.4 Å². The number of aryl methyl sites for hydroxylation is 1. The Morgan fingerprint density at radius 2 is 2.09 bits per heavy atom. The van der Waals surface area contributed by atoms with Gasteiger partial charge in [-0.25, -0.2) is 0 Å². The van der Waals surface area contributed by atoms with Gasteiger partial charge in [0.2, 0.25) is 11.8 Å². The normalized spacial score (nSPS) is 24.9. The number of carbonyl (C=O) groups is 1. The molecule has 6 heteroatoms. The highest BCUT2D eigenvalue weighted by Gasteiger charge is 2.27. The number of amides is 1. The van der Waals surface area contributed by atoms with Crippen molar-refractivity contribution in [3.63, 3.8) is 0 Å². The number of hydrogen-bond acceptors (Lipinski definition) is 5. The summed E-state index contributed by atoms with van der Waals surface area (Å²) in [4.78, 5) is 12.0. The summed E-state index contributed by atoms with van der Waals surface area (Å²) < 4.78 is 10.7. The molecule has 0 bridgehead atoms. The molecule has 23 heavy (non-hydrogen) atoms. The molecule has 1 aliphatic heterocycles. The fourth-order valence-corrected chi connectivity index (χ4v) is 3.29. The third kappa shape index (κ3) is 4.80. The molecule has 1 aliphatic carbocycles. The van der Waals surface area contributed by atoms with E-state index in [-0.39, 0.29) is 11.9 Å². The minimum Gasteiger partial charge on any atom is -0.426 e. The lowest BCUT2D eigenvalue weighted by Gasteiger charge is -2.16. The van der Waals surface area contributed by atoms with Crippen LogP contribution < -0.4 is 5.32 Å². The Morgan fingerprint density at radius 3 is 2.83 bits per heavy atom. The standard InChI is InChI=1S/C17H23N3O3/c1-12-19-20-17(23-12)11-14-2-4-15(10-14)18-16(21)5-3-13-6-8-22-9-7-13/h13-15H,2,4,6-11H2,1H3,(H,18,21)/t14-,15+/m1/s1. The molecule has 6 nitrogen and oxygen atoms in total. The largest absolute Gasteiger partial charge is 0.426 e. The molecule has 1 aromatic heterocycles. The van der Waals surface area contributed by atoms with Crippen molar-refractivity contribution in [1.29, 1.82) is 0 Å². The van der Waals surface area contributed by atoms with E-state index in [9.17, 15) is 4.79 Å². The van der Waals surface area contributed by atoms with Crippen LogP contribution in [0.2, 0.25) is 0 Å². The highest BCUT2D eigenvalue weighted by Crippen LogP contribution is 2.28. The molecular formula is C17H23N3O3. The number of carbonyl (C=O) groups excluding carboxylic acids is 1. The predicted octanol–water partition coefficient (Wildman–Crippen LogP) is 1.64. The summed E-state index contributed by atoms with van der Waals surface area (Å²) in [6, 6.07) is 0.209. The van der Waals surface area contributed by atoms with Gasteiger partial charge in [0, 0.05) is 38.5 Å². The van der Waals surface area contributed by atoms with E-state index < -0.39 is 0 Å². The number of nitrogens with zero attached hydrogens (tertiary/aromatic N) is 2. The Kier molecular flexibility index (Phi) is 5.29. The van der Waals surface area contributed by atoms with Crippen molar-refractivity contribution in [3.05, 3.63) is 11.8 Å². The Labute approximate surface area is 136 Å². The van der Waals surface area contributed by atoms with Crippen molar-refractivity contribution in [3.8, 4) is 11.8 Å². The minimum atomic E-state index is -0.157. The molecule has 2 aliphatic rings. The lowest BCUT2D eigenvalue weighted by Crippen LogP contribution is -2.32. The summed E-state index contributed by atoms with van der Waals surface area (Å²) in [5, 5.41) is 10.9. The van der Waals surface area contributed by atoms with Gasteiger partial charge in [0.25, 0.3) is 5.91 Å². The first kappa shape index (κ1) is 16.0. The van der Waals surface area contributed by atoms with Gasteiger partial charge in [-0.3, -0.25) is 4.79 Å². The van der Waals surface area contributed by atoms with E-state index in [2.05, 4.69) is 27.4 Å². The van der Waals surface area contributed by atoms with Crippen LogP contribution in [0.1, 0.15) is 43.9 Å². The molecule has 0 radical (unpaired) electrons. The van der Waals surface area contributed by atoms with Crippen molar-refractivity contribution in [2.75, 3.05) is 13.2 Å². The molecule has 3 rings (SSSR count). The summed E-state index contributed by atoms with van der Waals surface area (Å²) in [7, 11) is 0. The summed E-state index contributed by atoms with van der Waals surface area (Å²) in [5.41, 5.74) is 0. The average molecular weight is 317 g/mol. The lowest BCUT2D eigenvalue weighted by atomic mass is 10.0. The van der Waals surface area contributed by atoms with Crippen molar-refractivity contribution in [2.45, 2.75) is 51.5 Å². The molecule has 2 atom stereocenters. The Morgan fingerprint density at radius 1 is 1.26 bits per heavy atom. The summed E-state index contributed by atoms with van der Waals surface area (Å²) in [6.45, 7) is 3.30. The monoisotopic (exact) mass is 317 g/mol. The van der Waals surface area contributed by atoms with Gasteiger partial charge < -0.3 is 14.5 Å². The molecular weight excluding hydrogens is 294 g/mol. The zero-order valence-corrected chi connectivity index (χ0v) is 13.5. The molecule has 0 aromatic carbocycles. The molecule has 1 N–H and O–H groups in total. The van der Waals surface area contributed by atoms with Crippen molar-refractivity contribution in [1.82, 2.24) is 15.5 Å². The molecule has 0 unspecified atom stereocenters. The van der Waals surface area contributed by atoms with E-state index in [1.54, 1.807) is 6.92 Å². The zero-order valence-electron chi connectivity index (χ0n) is 13.5. The maximum Gasteiger partial charge on any atom is 0.296 e. The zero-order chi connectivity index (χ0) is 16.1. The van der Waals surface area contributed by atoms with Gasteiger partial charge in [-0.2, -0.15) is 0 Å². The second kappa shape index (κ2) is 7.60. The quantitative estimate of drug-likeness (QED) is 0.858. The number of aromatic nitrogens is 2. The van der Waals surface area contributed by atoms with Gasteiger partial charge in [-0.05, 0) is 43.9 Å². The third-order valence-corrected chi connectivity index (χ3v) is 4.52. The molecule has 2 heterocycles. The lowest BCUT2D eigenvalue weighted by molar-refractivity contribution is -0.116. The van der Waals surface area contributed by atoms with Gasteiger partial charge in [0.05, 0.1) is 0 Å². The fraction of sp³-hybridized carbons (Fsp3) is 0.706. The van der Waals surface area contributed by atoms with Crippen LogP contribution in [-0.2, 0) is 16.0 Å². The second-order valence-electron chi connectivity index (χ2n) is 6.42. The maximum atomic E-state index is 12.0. The van der Waals surface area contributed by atoms with Crippen LogP contribution >= 0.6 is 0 Å². The number of hydrogen-bond donors (Lipinski definition) is 1. The number of rotatable bonds is 3.